The van der Waals surface area contributed by atoms with Crippen LogP contribution in [0.15, 0.2) is 83.3 Å². The molecule has 144 valence electrons. The van der Waals surface area contributed by atoms with Crippen molar-refractivity contribution in [3.63, 3.8) is 0 Å². The van der Waals surface area contributed by atoms with Crippen LogP contribution in [0.1, 0.15) is 27.9 Å². The Hall–Kier alpha value is -3.51. The molecule has 1 aromatic heterocycles. The zero-order valence-corrected chi connectivity index (χ0v) is 15.8. The van der Waals surface area contributed by atoms with Crippen molar-refractivity contribution >= 4 is 17.5 Å². The maximum absolute atomic E-state index is 13.2. The Morgan fingerprint density at radius 1 is 0.931 bits per heavy atom. The molecule has 4 aromatic rings. The zero-order valence-electron chi connectivity index (χ0n) is 15.0. The Kier molecular flexibility index (Phi) is 5.35. The van der Waals surface area contributed by atoms with E-state index in [2.05, 4.69) is 15.5 Å². The van der Waals surface area contributed by atoms with Crippen LogP contribution in [0.5, 0.6) is 0 Å². The molecule has 1 N–H and O–H groups in total. The minimum atomic E-state index is -0.772. The summed E-state index contributed by atoms with van der Waals surface area (Å²) in [5.74, 6) is -0.330. The van der Waals surface area contributed by atoms with Gasteiger partial charge in [0, 0.05) is 21.7 Å². The van der Waals surface area contributed by atoms with Crippen LogP contribution in [-0.2, 0) is 0 Å². The Balaban J connectivity index is 1.70. The summed E-state index contributed by atoms with van der Waals surface area (Å²) in [6.07, 6.45) is 0. The van der Waals surface area contributed by atoms with Crippen LogP contribution < -0.4 is 5.32 Å². The molecular weight excluding hydrogens is 393 g/mol. The maximum Gasteiger partial charge on any atom is 0.252 e. The normalized spacial score (nSPS) is 11.8. The van der Waals surface area contributed by atoms with E-state index < -0.39 is 17.8 Å². The highest BCUT2D eigenvalue weighted by Crippen LogP contribution is 2.29. The van der Waals surface area contributed by atoms with Gasteiger partial charge in [-0.2, -0.15) is 0 Å². The molecule has 1 unspecified atom stereocenters. The van der Waals surface area contributed by atoms with Crippen molar-refractivity contribution in [1.29, 1.82) is 0 Å². The number of carbonyl (C=O) groups excluding carboxylic acids is 1. The molecule has 3 aromatic carbocycles. The molecule has 0 aliphatic heterocycles. The van der Waals surface area contributed by atoms with Gasteiger partial charge < -0.3 is 9.73 Å². The number of rotatable bonds is 5. The van der Waals surface area contributed by atoms with E-state index in [1.54, 1.807) is 24.3 Å². The van der Waals surface area contributed by atoms with Crippen LogP contribution in [0, 0.1) is 5.82 Å². The van der Waals surface area contributed by atoms with Gasteiger partial charge in [0.25, 0.3) is 5.91 Å². The van der Waals surface area contributed by atoms with Gasteiger partial charge in [-0.1, -0.05) is 48.0 Å². The van der Waals surface area contributed by atoms with Crippen molar-refractivity contribution in [2.45, 2.75) is 6.04 Å². The number of nitrogens with zero attached hydrogens (tertiary/aromatic N) is 2. The summed E-state index contributed by atoms with van der Waals surface area (Å²) in [6, 6.07) is 20.8. The van der Waals surface area contributed by atoms with E-state index in [0.717, 1.165) is 5.56 Å². The predicted molar refractivity (Wildman–Crippen MR) is 107 cm³/mol. The minimum absolute atomic E-state index is 0.187. The molecule has 4 rings (SSSR count). The smallest absolute Gasteiger partial charge is 0.252 e. The summed E-state index contributed by atoms with van der Waals surface area (Å²) in [5, 5.41) is 11.5. The fraction of sp³-hybridized carbons (Fsp3) is 0.0455. The van der Waals surface area contributed by atoms with E-state index in [1.807, 2.05) is 30.3 Å². The molecular formula is C22H15ClFN3O2. The van der Waals surface area contributed by atoms with E-state index in [0.29, 0.717) is 22.0 Å². The van der Waals surface area contributed by atoms with Gasteiger partial charge in [-0.3, -0.25) is 4.79 Å². The van der Waals surface area contributed by atoms with Crippen LogP contribution in [0.2, 0.25) is 5.02 Å². The highest BCUT2D eigenvalue weighted by molar-refractivity contribution is 6.31. The molecule has 0 spiro atoms. The molecule has 1 amide bonds. The Morgan fingerprint density at radius 2 is 1.62 bits per heavy atom. The molecule has 0 saturated heterocycles. The summed E-state index contributed by atoms with van der Waals surface area (Å²) in [7, 11) is 0. The number of aromatic nitrogens is 2. The summed E-state index contributed by atoms with van der Waals surface area (Å²) in [5.41, 5.74) is 1.66. The van der Waals surface area contributed by atoms with Crippen molar-refractivity contribution in [1.82, 2.24) is 15.5 Å². The summed E-state index contributed by atoms with van der Waals surface area (Å²) in [4.78, 5) is 12.7. The zero-order chi connectivity index (χ0) is 20.2. The standard InChI is InChI=1S/C22H15ClFN3O2/c23-18-9-5-4-8-17(18)19(25-20(28)14-10-12-16(24)13-11-14)22-27-26-21(29-22)15-6-2-1-3-7-15/h1-13,19H,(H,25,28). The molecule has 0 radical (unpaired) electrons. The van der Waals surface area contributed by atoms with E-state index in [-0.39, 0.29) is 5.89 Å². The topological polar surface area (TPSA) is 68.0 Å². The lowest BCUT2D eigenvalue weighted by molar-refractivity contribution is 0.0938. The Morgan fingerprint density at radius 3 is 2.34 bits per heavy atom. The molecule has 5 nitrogen and oxygen atoms in total. The second kappa shape index (κ2) is 8.24. The van der Waals surface area contributed by atoms with Gasteiger partial charge >= 0.3 is 0 Å². The molecule has 7 heteroatoms. The van der Waals surface area contributed by atoms with Gasteiger partial charge in [-0.15, -0.1) is 10.2 Å². The third kappa shape index (κ3) is 4.17. The van der Waals surface area contributed by atoms with Gasteiger partial charge in [0.2, 0.25) is 11.8 Å². The number of halogens is 2. The van der Waals surface area contributed by atoms with Crippen LogP contribution in [0.4, 0.5) is 4.39 Å². The van der Waals surface area contributed by atoms with Crippen molar-refractivity contribution in [2.75, 3.05) is 0 Å². The van der Waals surface area contributed by atoms with Crippen LogP contribution in [0.3, 0.4) is 0 Å². The molecule has 29 heavy (non-hydrogen) atoms. The van der Waals surface area contributed by atoms with Gasteiger partial charge in [0.15, 0.2) is 0 Å². The lowest BCUT2D eigenvalue weighted by Gasteiger charge is -2.17. The number of benzene rings is 3. The van der Waals surface area contributed by atoms with Gasteiger partial charge in [0.1, 0.15) is 11.9 Å². The third-order valence-corrected chi connectivity index (χ3v) is 4.65. The number of amides is 1. The van der Waals surface area contributed by atoms with E-state index in [4.69, 9.17) is 16.0 Å². The lowest BCUT2D eigenvalue weighted by atomic mass is 10.1. The largest absolute Gasteiger partial charge is 0.418 e. The SMILES string of the molecule is O=C(NC(c1nnc(-c2ccccc2)o1)c1ccccc1Cl)c1ccc(F)cc1. The monoisotopic (exact) mass is 407 g/mol. The van der Waals surface area contributed by atoms with E-state index in [9.17, 15) is 9.18 Å². The average Bonchev–Trinajstić information content (AvgIpc) is 3.24. The first-order valence-corrected chi connectivity index (χ1v) is 9.19. The first kappa shape index (κ1) is 18.8. The number of hydrogen-bond acceptors (Lipinski definition) is 4. The summed E-state index contributed by atoms with van der Waals surface area (Å²) >= 11 is 6.35. The van der Waals surface area contributed by atoms with Gasteiger partial charge in [-0.05, 0) is 42.5 Å². The van der Waals surface area contributed by atoms with Crippen LogP contribution in [-0.4, -0.2) is 16.1 Å². The van der Waals surface area contributed by atoms with Crippen molar-refractivity contribution in [3.05, 3.63) is 107 Å². The predicted octanol–water partition coefficient (Wildman–Crippen LogP) is 5.05. The van der Waals surface area contributed by atoms with Gasteiger partial charge in [0.05, 0.1) is 0 Å². The quantitative estimate of drug-likeness (QED) is 0.502. The highest BCUT2D eigenvalue weighted by Gasteiger charge is 2.25. The van der Waals surface area contributed by atoms with Crippen molar-refractivity contribution in [3.8, 4) is 11.5 Å². The third-order valence-electron chi connectivity index (χ3n) is 4.31. The van der Waals surface area contributed by atoms with Crippen LogP contribution >= 0.6 is 11.6 Å². The first-order valence-electron chi connectivity index (χ1n) is 8.81. The lowest BCUT2D eigenvalue weighted by Crippen LogP contribution is -2.29. The summed E-state index contributed by atoms with van der Waals surface area (Å²) in [6.45, 7) is 0. The highest BCUT2D eigenvalue weighted by atomic mass is 35.5. The van der Waals surface area contributed by atoms with E-state index in [1.165, 1.54) is 24.3 Å². The number of carbonyl (C=O) groups is 1. The molecule has 0 saturated carbocycles. The minimum Gasteiger partial charge on any atom is -0.418 e. The number of nitrogens with one attached hydrogen (secondary N) is 1. The molecule has 0 aliphatic rings. The molecule has 0 bridgehead atoms. The second-order valence-electron chi connectivity index (χ2n) is 6.25. The summed E-state index contributed by atoms with van der Waals surface area (Å²) < 4.78 is 19.0. The molecule has 1 heterocycles. The average molecular weight is 408 g/mol. The van der Waals surface area contributed by atoms with Crippen LogP contribution in [0.25, 0.3) is 11.5 Å². The van der Waals surface area contributed by atoms with Crippen molar-refractivity contribution in [2.24, 2.45) is 0 Å². The Labute approximate surface area is 171 Å². The first-order chi connectivity index (χ1) is 14.1. The fourth-order valence-corrected chi connectivity index (χ4v) is 3.09. The maximum atomic E-state index is 13.2. The van der Waals surface area contributed by atoms with Crippen molar-refractivity contribution < 1.29 is 13.6 Å². The second-order valence-corrected chi connectivity index (χ2v) is 6.65. The Bertz CT molecular complexity index is 1130. The fourth-order valence-electron chi connectivity index (χ4n) is 2.85. The molecule has 0 fully saturated rings. The molecule has 0 aliphatic carbocycles. The number of hydrogen-bond donors (Lipinski definition) is 1. The van der Waals surface area contributed by atoms with Gasteiger partial charge in [-0.25, -0.2) is 4.39 Å². The van der Waals surface area contributed by atoms with E-state index >= 15 is 0 Å². The molecule has 1 atom stereocenters.